The van der Waals surface area contributed by atoms with Crippen molar-refractivity contribution in [2.75, 3.05) is 13.2 Å². The summed E-state index contributed by atoms with van der Waals surface area (Å²) in [6.07, 6.45) is 34.8. The zero-order valence-electron chi connectivity index (χ0n) is 59.3. The fourth-order valence-electron chi connectivity index (χ4n) is 14.9. The van der Waals surface area contributed by atoms with E-state index in [9.17, 15) is 18.4 Å². The van der Waals surface area contributed by atoms with Gasteiger partial charge in [-0.25, -0.2) is 18.4 Å². The summed E-state index contributed by atoms with van der Waals surface area (Å²) in [5.74, 6) is 18.0. The molecule has 4 aliphatic rings. The van der Waals surface area contributed by atoms with Gasteiger partial charge in [-0.2, -0.15) is 0 Å². The van der Waals surface area contributed by atoms with Gasteiger partial charge < -0.3 is 18.9 Å². The van der Waals surface area contributed by atoms with Gasteiger partial charge in [0, 0.05) is 5.92 Å². The maximum Gasteiger partial charge on any atom is 0.338 e. The summed E-state index contributed by atoms with van der Waals surface area (Å²) in [5.41, 5.74) is 7.82. The Labute approximate surface area is 582 Å². The number of unbranched alkanes of at least 4 members (excludes halogenated alkanes) is 6. The van der Waals surface area contributed by atoms with Crippen molar-refractivity contribution < 1.29 is 37.3 Å². The Morgan fingerprint density at radius 2 is 1.02 bits per heavy atom. The van der Waals surface area contributed by atoms with Crippen molar-refractivity contribution in [1.29, 1.82) is 0 Å². The van der Waals surface area contributed by atoms with Crippen molar-refractivity contribution in [3.63, 3.8) is 0 Å². The molecule has 4 saturated carbocycles. The maximum absolute atomic E-state index is 14.7. The molecule has 0 heterocycles. The van der Waals surface area contributed by atoms with E-state index >= 15 is 0 Å². The SMILES string of the molecule is C#CC#CC#CC1CCC(c2ccc(C(=O)OC[C@@H](OC(=O)c3ccc(C4CCC(C)CC4)cc3)c3ccccc3)cc2)CC1.CCCCCCOc1ccc(C[C@H](C)c2ccccc2)cc1.CCCCCC[C@H](C)Oc1c(F)cc(C2CCC(C3CCC(C)CC3)CC2)cc1F. The van der Waals surface area contributed by atoms with E-state index in [2.05, 4.69) is 131 Å². The Hall–Kier alpha value is -7.60. The minimum Gasteiger partial charge on any atom is -0.494 e. The number of halogens is 2. The molecule has 0 spiro atoms. The van der Waals surface area contributed by atoms with Crippen LogP contribution in [0.15, 0.2) is 146 Å². The van der Waals surface area contributed by atoms with E-state index in [-0.39, 0.29) is 24.4 Å². The van der Waals surface area contributed by atoms with Crippen LogP contribution in [0.5, 0.6) is 11.5 Å². The molecule has 4 aliphatic carbocycles. The molecule has 0 aromatic heterocycles. The molecular formula is C89H110F2O6. The molecule has 97 heavy (non-hydrogen) atoms. The van der Waals surface area contributed by atoms with E-state index in [0.29, 0.717) is 34.8 Å². The molecule has 0 radical (unpaired) electrons. The van der Waals surface area contributed by atoms with Gasteiger partial charge in [0.2, 0.25) is 0 Å². The van der Waals surface area contributed by atoms with Crippen LogP contribution >= 0.6 is 0 Å². The minimum atomic E-state index is -0.725. The largest absolute Gasteiger partial charge is 0.494 e. The Balaban J connectivity index is 0.000000200. The normalized spacial score (nSPS) is 21.4. The standard InChI is InChI=1S/C41H40O4.C27H42F2O.C21H28O/c1-3-4-5-7-10-31-15-19-33(20-16-31)35-21-25-37(26-22-35)40(42)44-29-39(36-11-8-6-9-12-36)45-41(43)38-27-23-34(24-28-38)32-17-13-30(2)14-18-32;1-4-5-6-7-8-20(3)30-27-25(28)17-24(18-26(27)29)23-15-13-22(14-16-23)21-11-9-19(2)10-12-21;1-3-4-5-9-16-22-21-14-12-19(13-15-21)17-18(2)20-10-7-6-8-11-20/h1,6,8-9,11-12,21-28,30-33,39H,13-20,29H2,2H3;17-23H,4-16H2,1-3H3;6-8,10-15,18H,3-5,9,16-17H2,1-2H3/t30?,31?,32?,33?,39-;19?,20-,21?,22?,23?;18-/m100/s1. The average Bonchev–Trinajstić information content (AvgIpc) is 0.910. The molecule has 8 heteroatoms. The monoisotopic (exact) mass is 1310 g/mol. The molecule has 0 bridgehead atoms. The highest BCUT2D eigenvalue weighted by Gasteiger charge is 2.32. The number of terminal acetylenes is 1. The van der Waals surface area contributed by atoms with Crippen molar-refractivity contribution in [3.8, 4) is 47.5 Å². The Bertz CT molecular complexity index is 3400. The summed E-state index contributed by atoms with van der Waals surface area (Å²) in [6, 6.07) is 47.2. The van der Waals surface area contributed by atoms with Gasteiger partial charge in [-0.05, 0) is 263 Å². The third kappa shape index (κ3) is 25.0. The second-order valence-electron chi connectivity index (χ2n) is 28.6. The predicted octanol–water partition coefficient (Wildman–Crippen LogP) is 23.4. The van der Waals surface area contributed by atoms with E-state index in [1.807, 2.05) is 73.7 Å². The summed E-state index contributed by atoms with van der Waals surface area (Å²) in [4.78, 5) is 26.2. The lowest BCUT2D eigenvalue weighted by Gasteiger charge is -2.37. The molecule has 0 N–H and O–H groups in total. The van der Waals surface area contributed by atoms with E-state index in [1.54, 1.807) is 0 Å². The van der Waals surface area contributed by atoms with Gasteiger partial charge in [-0.15, -0.1) is 6.42 Å². The zero-order chi connectivity index (χ0) is 68.6. The topological polar surface area (TPSA) is 71.1 Å². The second kappa shape index (κ2) is 41.0. The third-order valence-electron chi connectivity index (χ3n) is 21.1. The highest BCUT2D eigenvalue weighted by molar-refractivity contribution is 5.90. The van der Waals surface area contributed by atoms with Crippen molar-refractivity contribution in [1.82, 2.24) is 0 Å². The lowest BCUT2D eigenvalue weighted by atomic mass is 9.68. The summed E-state index contributed by atoms with van der Waals surface area (Å²) in [7, 11) is 0. The Kier molecular flexibility index (Phi) is 31.7. The van der Waals surface area contributed by atoms with Crippen LogP contribution in [0.25, 0.3) is 0 Å². The van der Waals surface area contributed by atoms with Crippen molar-refractivity contribution in [2.45, 2.75) is 244 Å². The molecular weight excluding hydrogens is 1200 g/mol. The fourth-order valence-corrected chi connectivity index (χ4v) is 14.9. The first kappa shape index (κ1) is 75.2. The Morgan fingerprint density at radius 3 is 1.58 bits per heavy atom. The molecule has 6 aromatic carbocycles. The third-order valence-corrected chi connectivity index (χ3v) is 21.1. The summed E-state index contributed by atoms with van der Waals surface area (Å²) in [5, 5.41) is 0. The molecule has 516 valence electrons. The van der Waals surface area contributed by atoms with E-state index in [4.69, 9.17) is 25.4 Å². The summed E-state index contributed by atoms with van der Waals surface area (Å²) < 4.78 is 52.5. The van der Waals surface area contributed by atoms with Gasteiger partial charge >= 0.3 is 11.9 Å². The van der Waals surface area contributed by atoms with Crippen LogP contribution in [0.2, 0.25) is 0 Å². The van der Waals surface area contributed by atoms with Gasteiger partial charge in [0.05, 0.1) is 23.8 Å². The first-order chi connectivity index (χ1) is 47.3. The van der Waals surface area contributed by atoms with E-state index in [1.165, 1.54) is 131 Å². The summed E-state index contributed by atoms with van der Waals surface area (Å²) in [6.45, 7) is 14.0. The van der Waals surface area contributed by atoms with Crippen molar-refractivity contribution >= 4 is 11.9 Å². The van der Waals surface area contributed by atoms with Gasteiger partial charge in [0.1, 0.15) is 12.4 Å². The van der Waals surface area contributed by atoms with E-state index in [0.717, 1.165) is 118 Å². The minimum absolute atomic E-state index is 0.0779. The number of ether oxygens (including phenoxy) is 4. The van der Waals surface area contributed by atoms with Crippen LogP contribution in [0, 0.1) is 77.2 Å². The Morgan fingerprint density at radius 1 is 0.526 bits per heavy atom. The summed E-state index contributed by atoms with van der Waals surface area (Å²) >= 11 is 0. The van der Waals surface area contributed by atoms with Gasteiger partial charge in [-0.3, -0.25) is 0 Å². The highest BCUT2D eigenvalue weighted by atomic mass is 19.1. The van der Waals surface area contributed by atoms with Crippen LogP contribution in [0.1, 0.15) is 286 Å². The van der Waals surface area contributed by atoms with Crippen LogP contribution < -0.4 is 9.47 Å². The lowest BCUT2D eigenvalue weighted by molar-refractivity contribution is -0.00134. The maximum atomic E-state index is 14.7. The number of carbonyl (C=O) groups is 2. The van der Waals surface area contributed by atoms with Crippen molar-refractivity contribution in [2.24, 2.45) is 29.6 Å². The van der Waals surface area contributed by atoms with Gasteiger partial charge in [0.15, 0.2) is 23.5 Å². The van der Waals surface area contributed by atoms with Gasteiger partial charge in [0.25, 0.3) is 0 Å². The van der Waals surface area contributed by atoms with Gasteiger partial charge in [-0.1, -0.05) is 202 Å². The molecule has 0 amide bonds. The molecule has 6 nitrogen and oxygen atoms in total. The molecule has 10 rings (SSSR count). The molecule has 0 unspecified atom stereocenters. The average molecular weight is 1310 g/mol. The van der Waals surface area contributed by atoms with Crippen LogP contribution in [0.3, 0.4) is 0 Å². The number of hydrogen-bond donors (Lipinski definition) is 0. The molecule has 4 fully saturated rings. The highest BCUT2D eigenvalue weighted by Crippen LogP contribution is 2.45. The van der Waals surface area contributed by atoms with Crippen LogP contribution in [-0.2, 0) is 15.9 Å². The lowest BCUT2D eigenvalue weighted by Crippen LogP contribution is -2.25. The first-order valence-corrected chi connectivity index (χ1v) is 37.3. The number of rotatable bonds is 26. The first-order valence-electron chi connectivity index (χ1n) is 37.3. The molecule has 0 aliphatic heterocycles. The zero-order valence-corrected chi connectivity index (χ0v) is 59.3. The number of hydrogen-bond acceptors (Lipinski definition) is 6. The molecule has 6 aromatic rings. The molecule has 3 atom stereocenters. The molecule has 0 saturated heterocycles. The number of benzene rings is 6. The predicted molar refractivity (Wildman–Crippen MR) is 393 cm³/mol. The fraction of sp³-hybridized carbons (Fsp3) is 0.506. The second-order valence-corrected chi connectivity index (χ2v) is 28.6. The van der Waals surface area contributed by atoms with E-state index < -0.39 is 29.7 Å². The number of esters is 2. The van der Waals surface area contributed by atoms with Crippen molar-refractivity contribution in [3.05, 3.63) is 202 Å². The quantitative estimate of drug-likeness (QED) is 0.0306. The smallest absolute Gasteiger partial charge is 0.338 e. The van der Waals surface area contributed by atoms with Crippen LogP contribution in [-0.4, -0.2) is 31.3 Å². The van der Waals surface area contributed by atoms with Crippen LogP contribution in [0.4, 0.5) is 8.78 Å². The number of carbonyl (C=O) groups excluding carboxylic acids is 2.